The molecule has 5 rings (SSSR count). The first kappa shape index (κ1) is 18.8. The highest BCUT2D eigenvalue weighted by molar-refractivity contribution is 7.98. The summed E-state index contributed by atoms with van der Waals surface area (Å²) in [6, 6.07) is 16.0. The van der Waals surface area contributed by atoms with Gasteiger partial charge >= 0.3 is 0 Å². The lowest BCUT2D eigenvalue weighted by Crippen LogP contribution is -2.30. The quantitative estimate of drug-likeness (QED) is 0.485. The maximum absolute atomic E-state index is 13.1. The summed E-state index contributed by atoms with van der Waals surface area (Å²) in [5.74, 6) is 0.904. The van der Waals surface area contributed by atoms with Crippen molar-refractivity contribution in [1.29, 1.82) is 0 Å². The number of pyridine rings is 1. The largest absolute Gasteiger partial charge is 0.507 e. The Balaban J connectivity index is 1.72. The monoisotopic (exact) mass is 415 g/mol. The molecular weight excluding hydrogens is 394 g/mol. The van der Waals surface area contributed by atoms with Crippen LogP contribution in [0.15, 0.2) is 65.8 Å². The molecule has 0 unspecified atom stereocenters. The molecule has 0 saturated heterocycles. The number of thioether (sulfide) groups is 1. The lowest BCUT2D eigenvalue weighted by molar-refractivity contribution is 0.0779. The molecule has 1 aliphatic heterocycles. The average molecular weight is 416 g/mol. The van der Waals surface area contributed by atoms with Crippen LogP contribution in [0, 0.1) is 0 Å². The van der Waals surface area contributed by atoms with E-state index in [1.165, 1.54) is 0 Å². The molecule has 1 amide bonds. The van der Waals surface area contributed by atoms with Gasteiger partial charge in [-0.2, -0.15) is 0 Å². The molecule has 0 bridgehead atoms. The smallest absolute Gasteiger partial charge is 0.256 e. The fourth-order valence-corrected chi connectivity index (χ4v) is 5.17. The minimum atomic E-state index is 0.00490. The van der Waals surface area contributed by atoms with Crippen LogP contribution in [0.5, 0.6) is 5.75 Å². The van der Waals surface area contributed by atoms with E-state index < -0.39 is 0 Å². The molecule has 4 aromatic rings. The van der Waals surface area contributed by atoms with Gasteiger partial charge in [-0.15, -0.1) is 11.8 Å². The number of hydrogen-bond acceptors (Lipinski definition) is 4. The Morgan fingerprint density at radius 2 is 1.93 bits per heavy atom. The Kier molecular flexibility index (Phi) is 4.51. The highest BCUT2D eigenvalue weighted by Gasteiger charge is 2.32. The molecule has 3 heterocycles. The predicted octanol–water partition coefficient (Wildman–Crippen LogP) is 4.82. The van der Waals surface area contributed by atoms with E-state index in [-0.39, 0.29) is 11.7 Å². The second-order valence-electron chi connectivity index (χ2n) is 7.53. The van der Waals surface area contributed by atoms with Gasteiger partial charge in [-0.1, -0.05) is 24.3 Å². The van der Waals surface area contributed by atoms with Crippen molar-refractivity contribution >= 4 is 28.6 Å². The summed E-state index contributed by atoms with van der Waals surface area (Å²) in [5, 5.41) is 12.0. The van der Waals surface area contributed by atoms with Crippen molar-refractivity contribution in [2.24, 2.45) is 7.05 Å². The first-order valence-electron chi connectivity index (χ1n) is 9.76. The van der Waals surface area contributed by atoms with Gasteiger partial charge in [0.05, 0.1) is 11.1 Å². The summed E-state index contributed by atoms with van der Waals surface area (Å²) in [4.78, 5) is 20.2. The van der Waals surface area contributed by atoms with Crippen molar-refractivity contribution in [3.8, 4) is 16.9 Å². The highest BCUT2D eigenvalue weighted by Crippen LogP contribution is 2.44. The first-order chi connectivity index (χ1) is 14.6. The van der Waals surface area contributed by atoms with Crippen molar-refractivity contribution in [1.82, 2.24) is 14.5 Å². The molecule has 1 N–H and O–H groups in total. The van der Waals surface area contributed by atoms with Gasteiger partial charge in [-0.3, -0.25) is 9.78 Å². The zero-order valence-corrected chi connectivity index (χ0v) is 17.6. The van der Waals surface area contributed by atoms with E-state index in [4.69, 9.17) is 0 Å². The van der Waals surface area contributed by atoms with E-state index in [9.17, 15) is 9.90 Å². The predicted molar refractivity (Wildman–Crippen MR) is 120 cm³/mol. The topological polar surface area (TPSA) is 58.4 Å². The fourth-order valence-electron chi connectivity index (χ4n) is 4.18. The van der Waals surface area contributed by atoms with Gasteiger partial charge in [0.2, 0.25) is 0 Å². The second-order valence-corrected chi connectivity index (χ2v) is 8.58. The minimum Gasteiger partial charge on any atom is -0.507 e. The summed E-state index contributed by atoms with van der Waals surface area (Å²) in [7, 11) is 3.79. The third-order valence-corrected chi connectivity index (χ3v) is 6.76. The van der Waals surface area contributed by atoms with Crippen molar-refractivity contribution in [3.63, 3.8) is 0 Å². The average Bonchev–Trinajstić information content (AvgIpc) is 3.05. The summed E-state index contributed by atoms with van der Waals surface area (Å²) in [6.45, 7) is 0.386. The molecule has 1 aliphatic rings. The molecule has 0 aliphatic carbocycles. The van der Waals surface area contributed by atoms with E-state index in [1.54, 1.807) is 36.1 Å². The molecule has 0 atom stereocenters. The number of aryl methyl sites for hydroxylation is 1. The minimum absolute atomic E-state index is 0.00490. The molecule has 30 heavy (non-hydrogen) atoms. The molecule has 2 aromatic carbocycles. The van der Waals surface area contributed by atoms with Crippen LogP contribution in [0.2, 0.25) is 0 Å². The van der Waals surface area contributed by atoms with Gasteiger partial charge in [0.1, 0.15) is 5.75 Å². The number of phenolic OH excluding ortho intramolecular Hbond substituents is 1. The molecule has 2 aromatic heterocycles. The van der Waals surface area contributed by atoms with Gasteiger partial charge < -0.3 is 14.6 Å². The number of nitrogens with zero attached hydrogens (tertiary/aromatic N) is 3. The Morgan fingerprint density at radius 1 is 1.13 bits per heavy atom. The standard InChI is InChI=1S/C24H21N3O2S/c1-26-13-18-21-19(11-17(23(18)28)15-7-6-10-25-12-15)27(2)20(22(21)24(26)29)14-30-16-8-4-3-5-9-16/h3-12,28H,13-14H2,1-2H3. The van der Waals surface area contributed by atoms with Crippen molar-refractivity contribution < 1.29 is 9.90 Å². The Morgan fingerprint density at radius 3 is 2.67 bits per heavy atom. The van der Waals surface area contributed by atoms with Gasteiger partial charge in [-0.05, 0) is 24.3 Å². The SMILES string of the molecule is CN1Cc2c(O)c(-c3cccnc3)cc3c2c(c(CSc2ccccc2)n3C)C1=O. The van der Waals surface area contributed by atoms with Crippen LogP contribution in [0.1, 0.15) is 21.6 Å². The van der Waals surface area contributed by atoms with Gasteiger partial charge in [0.15, 0.2) is 0 Å². The first-order valence-corrected chi connectivity index (χ1v) is 10.7. The highest BCUT2D eigenvalue weighted by atomic mass is 32.2. The van der Waals surface area contributed by atoms with E-state index >= 15 is 0 Å². The van der Waals surface area contributed by atoms with Gasteiger partial charge in [-0.25, -0.2) is 0 Å². The molecular formula is C24H21N3O2S. The Bertz CT molecular complexity index is 1270. The molecule has 5 nitrogen and oxygen atoms in total. The number of phenols is 1. The van der Waals surface area contributed by atoms with Gasteiger partial charge in [0.25, 0.3) is 5.91 Å². The summed E-state index contributed by atoms with van der Waals surface area (Å²) in [6.07, 6.45) is 3.47. The summed E-state index contributed by atoms with van der Waals surface area (Å²) in [5.41, 5.74) is 5.03. The van der Waals surface area contributed by atoms with E-state index in [0.717, 1.165) is 38.2 Å². The number of aromatic nitrogens is 2. The number of carbonyl (C=O) groups is 1. The van der Waals surface area contributed by atoms with E-state index in [2.05, 4.69) is 21.7 Å². The van der Waals surface area contributed by atoms with Crippen LogP contribution in [0.3, 0.4) is 0 Å². The summed E-state index contributed by atoms with van der Waals surface area (Å²) < 4.78 is 2.10. The zero-order chi connectivity index (χ0) is 20.8. The molecule has 0 radical (unpaired) electrons. The zero-order valence-electron chi connectivity index (χ0n) is 16.8. The lowest BCUT2D eigenvalue weighted by Gasteiger charge is -2.25. The molecule has 0 fully saturated rings. The van der Waals surface area contributed by atoms with E-state index in [1.807, 2.05) is 43.4 Å². The number of carbonyl (C=O) groups excluding carboxylic acids is 1. The molecule has 6 heteroatoms. The Labute approximate surface area is 179 Å². The fraction of sp³-hybridized carbons (Fsp3) is 0.167. The Hall–Kier alpha value is -3.25. The van der Waals surface area contributed by atoms with Crippen LogP contribution >= 0.6 is 11.8 Å². The van der Waals surface area contributed by atoms with Crippen LogP contribution in [0.25, 0.3) is 22.0 Å². The van der Waals surface area contributed by atoms with Crippen LogP contribution < -0.4 is 0 Å². The number of benzene rings is 2. The van der Waals surface area contributed by atoms with Crippen LogP contribution in [-0.4, -0.2) is 32.5 Å². The number of rotatable bonds is 4. The number of amides is 1. The normalized spacial score (nSPS) is 13.3. The van der Waals surface area contributed by atoms with Crippen molar-refractivity contribution in [3.05, 3.63) is 77.7 Å². The van der Waals surface area contributed by atoms with Crippen molar-refractivity contribution in [2.45, 2.75) is 17.2 Å². The van der Waals surface area contributed by atoms with Gasteiger partial charge in [0, 0.05) is 71.5 Å². The molecule has 0 spiro atoms. The summed E-state index contributed by atoms with van der Waals surface area (Å²) >= 11 is 1.71. The molecule has 150 valence electrons. The number of hydrogen-bond donors (Lipinski definition) is 1. The second kappa shape index (κ2) is 7.22. The van der Waals surface area contributed by atoms with Crippen LogP contribution in [-0.2, 0) is 19.3 Å². The third-order valence-electron chi connectivity index (χ3n) is 5.73. The third kappa shape index (κ3) is 2.87. The van der Waals surface area contributed by atoms with E-state index in [0.29, 0.717) is 17.9 Å². The molecule has 0 saturated carbocycles. The maximum Gasteiger partial charge on any atom is 0.256 e. The number of aromatic hydroxyl groups is 1. The van der Waals surface area contributed by atoms with Crippen molar-refractivity contribution in [2.75, 3.05) is 7.05 Å². The van der Waals surface area contributed by atoms with Crippen LogP contribution in [0.4, 0.5) is 0 Å². The lowest BCUT2D eigenvalue weighted by atomic mass is 9.94. The maximum atomic E-state index is 13.1.